The molecule has 0 unspecified atom stereocenters. The predicted octanol–water partition coefficient (Wildman–Crippen LogP) is 0.938. The Morgan fingerprint density at radius 2 is 1.32 bits per heavy atom. The Morgan fingerprint density at radius 1 is 0.864 bits per heavy atom. The maximum atomic E-state index is 12.3. The third kappa shape index (κ3) is 5.11. The van der Waals surface area contributed by atoms with E-state index >= 15 is 0 Å². The minimum absolute atomic E-state index is 0.0365. The first-order valence-corrected chi connectivity index (χ1v) is 8.28. The smallest absolute Gasteiger partial charge is 0.340 e. The molecule has 0 aromatic carbocycles. The Kier molecular flexibility index (Phi) is 9.71. The fraction of sp³-hybridized carbons (Fsp3) is 0.714. The van der Waals surface area contributed by atoms with E-state index in [9.17, 15) is 14.1 Å². The van der Waals surface area contributed by atoms with E-state index in [1.54, 1.807) is 27.7 Å². The van der Waals surface area contributed by atoms with Gasteiger partial charge in [-0.3, -0.25) is 0 Å². The average molecular weight is 332 g/mol. The zero-order chi connectivity index (χ0) is 17.2. The van der Waals surface area contributed by atoms with Crippen molar-refractivity contribution < 1.29 is 33.0 Å². The summed E-state index contributed by atoms with van der Waals surface area (Å²) in [4.78, 5) is 24.2. The van der Waals surface area contributed by atoms with Gasteiger partial charge in [0, 0.05) is 13.2 Å². The van der Waals surface area contributed by atoms with Crippen LogP contribution in [0.3, 0.4) is 0 Å². The number of hydrogen-bond donors (Lipinski definition) is 0. The average Bonchev–Trinajstić information content (AvgIpc) is 2.48. The van der Waals surface area contributed by atoms with E-state index in [1.807, 2.05) is 0 Å². The quantitative estimate of drug-likeness (QED) is 0.254. The molecule has 0 atom stereocenters. The van der Waals surface area contributed by atoms with Gasteiger partial charge in [0.15, 0.2) is 0 Å². The molecule has 0 heterocycles. The van der Waals surface area contributed by atoms with Crippen LogP contribution in [-0.2, 0) is 33.0 Å². The third-order valence-electron chi connectivity index (χ3n) is 2.66. The Bertz CT molecular complexity index is 425. The molecule has 0 aromatic rings. The number of hydrogen-bond acceptors (Lipinski definition) is 7. The van der Waals surface area contributed by atoms with Gasteiger partial charge in [-0.25, -0.2) is 9.59 Å². The zero-order valence-corrected chi connectivity index (χ0v) is 14.9. The number of rotatable bonds is 10. The zero-order valence-electron chi connectivity index (χ0n) is 13.8. The minimum atomic E-state index is -1.79. The van der Waals surface area contributed by atoms with Gasteiger partial charge in [0.2, 0.25) is 5.41 Å². The van der Waals surface area contributed by atoms with Crippen molar-refractivity contribution in [3.05, 3.63) is 11.1 Å². The molecule has 0 radical (unpaired) electrons. The van der Waals surface area contributed by atoms with Crippen LogP contribution < -0.4 is 0 Å². The number of carbonyl (C=O) groups excluding carboxylic acids is 2. The molecule has 0 N–H and O–H groups in total. The lowest BCUT2D eigenvalue weighted by molar-refractivity contribution is -0.169. The van der Waals surface area contributed by atoms with E-state index < -0.39 is 26.8 Å². The fourth-order valence-electron chi connectivity index (χ4n) is 1.84. The first-order valence-electron chi connectivity index (χ1n) is 7.23. The highest BCUT2D eigenvalue weighted by Gasteiger charge is 2.44. The van der Waals surface area contributed by atoms with Crippen LogP contribution in [0.2, 0.25) is 0 Å². The summed E-state index contributed by atoms with van der Waals surface area (Å²) < 4.78 is 32.5. The van der Waals surface area contributed by atoms with Crippen molar-refractivity contribution in [1.82, 2.24) is 0 Å². The summed E-state index contributed by atoms with van der Waals surface area (Å²) in [5.74, 6) is -1.51. The molecule has 22 heavy (non-hydrogen) atoms. The molecule has 0 saturated carbocycles. The molecular weight excluding hydrogens is 308 g/mol. The molecule has 0 aliphatic rings. The van der Waals surface area contributed by atoms with Gasteiger partial charge in [0.05, 0.1) is 18.8 Å². The van der Waals surface area contributed by atoms with Gasteiger partial charge in [0.25, 0.3) is 0 Å². The number of ether oxygens (including phenoxy) is 4. The molecule has 8 heteroatoms. The van der Waals surface area contributed by atoms with Gasteiger partial charge in [-0.15, -0.1) is 0 Å². The first-order chi connectivity index (χ1) is 10.4. The van der Waals surface area contributed by atoms with E-state index in [2.05, 4.69) is 0 Å². The van der Waals surface area contributed by atoms with Crippen molar-refractivity contribution in [2.24, 2.45) is 0 Å². The predicted molar refractivity (Wildman–Crippen MR) is 79.8 cm³/mol. The number of esters is 2. The summed E-state index contributed by atoms with van der Waals surface area (Å²) in [5.41, 5.74) is -2.03. The molecular formula is C14H24O7Si. The van der Waals surface area contributed by atoms with E-state index in [-0.39, 0.29) is 37.6 Å². The van der Waals surface area contributed by atoms with Crippen LogP contribution in [-0.4, -0.2) is 53.2 Å². The minimum Gasteiger partial charge on any atom is -0.463 e. The summed E-state index contributed by atoms with van der Waals surface area (Å²) in [6, 6.07) is 0. The van der Waals surface area contributed by atoms with Crippen molar-refractivity contribution in [3.63, 3.8) is 0 Å². The van der Waals surface area contributed by atoms with Crippen LogP contribution in [0.15, 0.2) is 11.1 Å². The topological polar surface area (TPSA) is 88.1 Å². The van der Waals surface area contributed by atoms with Gasteiger partial charge in [-0.05, 0) is 34.6 Å². The van der Waals surface area contributed by atoms with E-state index in [4.69, 9.17) is 18.9 Å². The van der Waals surface area contributed by atoms with Crippen molar-refractivity contribution in [2.75, 3.05) is 26.4 Å². The van der Waals surface area contributed by atoms with Gasteiger partial charge >= 0.3 is 21.3 Å². The summed E-state index contributed by atoms with van der Waals surface area (Å²) in [7, 11) is -1.71. The Balaban J connectivity index is 6.10. The van der Waals surface area contributed by atoms with Gasteiger partial charge < -0.3 is 23.4 Å². The maximum Gasteiger partial charge on any atom is 0.340 e. The molecule has 0 aromatic heterocycles. The molecule has 0 saturated heterocycles. The second-order valence-corrected chi connectivity index (χ2v) is 5.09. The largest absolute Gasteiger partial charge is 0.463 e. The SMILES string of the molecule is CCOC(=O)C(C)=C(C(=O)OCC)C(OCC)(OCC)[SiH]=O. The summed E-state index contributed by atoms with van der Waals surface area (Å²) in [6.07, 6.45) is 0. The highest BCUT2D eigenvalue weighted by atomic mass is 28.2. The molecule has 0 aliphatic heterocycles. The lowest BCUT2D eigenvalue weighted by atomic mass is 10.1. The molecule has 0 bridgehead atoms. The van der Waals surface area contributed by atoms with Crippen molar-refractivity contribution in [3.8, 4) is 0 Å². The Labute approximate surface area is 132 Å². The molecule has 7 nitrogen and oxygen atoms in total. The number of carbonyl (C=O) groups is 2. The standard InChI is InChI=1S/C14H24O7Si/c1-6-18-12(15)10(5)11(13(16)19-7-2)14(22-17,20-8-3)21-9-4/h22H,6-9H2,1-5H3. The monoisotopic (exact) mass is 332 g/mol. The van der Waals surface area contributed by atoms with Crippen LogP contribution in [0, 0.1) is 0 Å². The highest BCUT2D eigenvalue weighted by molar-refractivity contribution is 6.27. The van der Waals surface area contributed by atoms with Crippen LogP contribution >= 0.6 is 0 Å². The second-order valence-electron chi connectivity index (χ2n) is 4.09. The van der Waals surface area contributed by atoms with Crippen LogP contribution in [0.5, 0.6) is 0 Å². The van der Waals surface area contributed by atoms with Gasteiger partial charge in [-0.1, -0.05) is 0 Å². The maximum absolute atomic E-state index is 12.3. The second kappa shape index (κ2) is 10.4. The highest BCUT2D eigenvalue weighted by Crippen LogP contribution is 2.26. The molecule has 126 valence electrons. The van der Waals surface area contributed by atoms with Gasteiger partial charge in [-0.2, -0.15) is 0 Å². The van der Waals surface area contributed by atoms with Gasteiger partial charge in [0.1, 0.15) is 5.57 Å². The van der Waals surface area contributed by atoms with Crippen LogP contribution in [0.25, 0.3) is 0 Å². The Hall–Kier alpha value is -1.38. The first kappa shape index (κ1) is 20.6. The summed E-state index contributed by atoms with van der Waals surface area (Å²) in [6.45, 7) is 8.55. The third-order valence-corrected chi connectivity index (χ3v) is 3.59. The van der Waals surface area contributed by atoms with E-state index in [0.29, 0.717) is 0 Å². The van der Waals surface area contributed by atoms with E-state index in [0.717, 1.165) is 0 Å². The summed E-state index contributed by atoms with van der Waals surface area (Å²) >= 11 is 0. The van der Waals surface area contributed by atoms with Crippen LogP contribution in [0.4, 0.5) is 0 Å². The normalized spacial score (nSPS) is 12.4. The Morgan fingerprint density at radius 3 is 1.68 bits per heavy atom. The summed E-state index contributed by atoms with van der Waals surface area (Å²) in [5, 5.41) is 0. The van der Waals surface area contributed by atoms with E-state index in [1.165, 1.54) is 6.92 Å². The van der Waals surface area contributed by atoms with Crippen molar-refractivity contribution in [2.45, 2.75) is 40.0 Å². The van der Waals surface area contributed by atoms with Crippen LogP contribution in [0.1, 0.15) is 34.6 Å². The fourth-order valence-corrected chi connectivity index (χ4v) is 2.76. The van der Waals surface area contributed by atoms with Crippen molar-refractivity contribution in [1.29, 1.82) is 0 Å². The van der Waals surface area contributed by atoms with Crippen molar-refractivity contribution >= 4 is 21.3 Å². The molecule has 0 spiro atoms. The lowest BCUT2D eigenvalue weighted by Gasteiger charge is -2.29. The lowest BCUT2D eigenvalue weighted by Crippen LogP contribution is -2.45. The molecule has 0 amide bonds. The molecule has 0 rings (SSSR count). The molecule has 0 aliphatic carbocycles. The molecule has 0 fully saturated rings.